The van der Waals surface area contributed by atoms with Crippen LogP contribution in [0.15, 0.2) is 58.5 Å². The fourth-order valence-corrected chi connectivity index (χ4v) is 4.33. The van der Waals surface area contributed by atoms with Crippen molar-refractivity contribution in [1.29, 1.82) is 0 Å². The molecule has 3 rings (SSSR count). The predicted molar refractivity (Wildman–Crippen MR) is 127 cm³/mol. The second-order valence-corrected chi connectivity index (χ2v) is 9.23. The minimum absolute atomic E-state index is 0.130. The zero-order chi connectivity index (χ0) is 22.5. The Morgan fingerprint density at radius 2 is 1.77 bits per heavy atom. The van der Waals surface area contributed by atoms with Crippen LogP contribution in [0.3, 0.4) is 0 Å². The number of aromatic nitrogens is 2. The van der Waals surface area contributed by atoms with E-state index in [0.717, 1.165) is 5.69 Å². The minimum Gasteiger partial charge on any atom is -0.383 e. The molecule has 0 spiro atoms. The predicted octanol–water partition coefficient (Wildman–Crippen LogP) is 4.85. The third kappa shape index (κ3) is 5.35. The lowest BCUT2D eigenvalue weighted by atomic mass is 10.0. The van der Waals surface area contributed by atoms with Crippen molar-refractivity contribution in [3.63, 3.8) is 0 Å². The van der Waals surface area contributed by atoms with E-state index in [9.17, 15) is 9.59 Å². The van der Waals surface area contributed by atoms with Gasteiger partial charge >= 0.3 is 0 Å². The van der Waals surface area contributed by atoms with E-state index in [2.05, 4.69) is 19.2 Å². The van der Waals surface area contributed by atoms with Crippen LogP contribution in [0.25, 0.3) is 10.9 Å². The van der Waals surface area contributed by atoms with Gasteiger partial charge in [0.1, 0.15) is 0 Å². The average Bonchev–Trinajstić information content (AvgIpc) is 2.74. The van der Waals surface area contributed by atoms with E-state index in [1.54, 1.807) is 17.7 Å². The summed E-state index contributed by atoms with van der Waals surface area (Å²) in [5.74, 6) is 0.291. The number of nitrogens with zero attached hydrogens (tertiary/aromatic N) is 2. The number of fused-ring (bicyclic) bond motifs is 1. The number of methoxy groups -OCH3 is 1. The fraction of sp³-hybridized carbons (Fsp3) is 0.375. The van der Waals surface area contributed by atoms with Crippen LogP contribution in [0.2, 0.25) is 0 Å². The molecule has 3 aromatic rings. The van der Waals surface area contributed by atoms with Gasteiger partial charge in [0.05, 0.1) is 28.8 Å². The summed E-state index contributed by atoms with van der Waals surface area (Å²) in [6.45, 7) is 8.36. The first kappa shape index (κ1) is 23.0. The van der Waals surface area contributed by atoms with Crippen molar-refractivity contribution >= 4 is 34.3 Å². The maximum atomic E-state index is 13.1. The summed E-state index contributed by atoms with van der Waals surface area (Å²) in [6, 6.07) is 14.9. The molecule has 2 unspecified atom stereocenters. The monoisotopic (exact) mass is 439 g/mol. The molecule has 0 radical (unpaired) electrons. The molecule has 0 aliphatic carbocycles. The number of amides is 1. The van der Waals surface area contributed by atoms with E-state index in [1.807, 2.05) is 56.3 Å². The SMILES string of the molecule is COCC(C)n1c(SC(C)C(=O)Nc2ccc(C(C)C)cc2)nc2ccccc2c1=O. The number of thioether (sulfide) groups is 1. The van der Waals surface area contributed by atoms with Crippen molar-refractivity contribution in [3.8, 4) is 0 Å². The summed E-state index contributed by atoms with van der Waals surface area (Å²) >= 11 is 1.27. The van der Waals surface area contributed by atoms with Gasteiger partial charge in [0.25, 0.3) is 5.56 Å². The maximum absolute atomic E-state index is 13.1. The van der Waals surface area contributed by atoms with Crippen molar-refractivity contribution in [3.05, 3.63) is 64.4 Å². The number of ether oxygens (including phenoxy) is 1. The van der Waals surface area contributed by atoms with Gasteiger partial charge in [0.2, 0.25) is 5.91 Å². The van der Waals surface area contributed by atoms with Crippen molar-refractivity contribution in [2.45, 2.75) is 50.1 Å². The lowest BCUT2D eigenvalue weighted by molar-refractivity contribution is -0.115. The lowest BCUT2D eigenvalue weighted by Crippen LogP contribution is -2.30. The third-order valence-corrected chi connectivity index (χ3v) is 6.19. The highest BCUT2D eigenvalue weighted by molar-refractivity contribution is 8.00. The number of hydrogen-bond acceptors (Lipinski definition) is 5. The van der Waals surface area contributed by atoms with Crippen LogP contribution in [0, 0.1) is 0 Å². The molecule has 2 aromatic carbocycles. The summed E-state index contributed by atoms with van der Waals surface area (Å²) in [7, 11) is 1.60. The molecule has 2 atom stereocenters. The molecule has 31 heavy (non-hydrogen) atoms. The molecular weight excluding hydrogens is 410 g/mol. The second kappa shape index (κ2) is 10.1. The molecule has 164 valence electrons. The summed E-state index contributed by atoms with van der Waals surface area (Å²) in [6.07, 6.45) is 0. The van der Waals surface area contributed by atoms with E-state index in [1.165, 1.54) is 17.3 Å². The van der Waals surface area contributed by atoms with Gasteiger partial charge in [-0.1, -0.05) is 49.9 Å². The van der Waals surface area contributed by atoms with Crippen molar-refractivity contribution in [2.75, 3.05) is 19.0 Å². The standard InChI is InChI=1S/C24H29N3O3S/c1-15(2)18-10-12-19(13-11-18)25-22(28)17(4)31-24-26-21-9-7-6-8-20(21)23(29)27(24)16(3)14-30-5/h6-13,15-17H,14H2,1-5H3,(H,25,28). The van der Waals surface area contributed by atoms with E-state index in [4.69, 9.17) is 9.72 Å². The number of hydrogen-bond donors (Lipinski definition) is 1. The van der Waals surface area contributed by atoms with Crippen LogP contribution < -0.4 is 10.9 Å². The molecule has 0 bridgehead atoms. The smallest absolute Gasteiger partial charge is 0.262 e. The number of benzene rings is 2. The zero-order valence-corrected chi connectivity index (χ0v) is 19.4. The largest absolute Gasteiger partial charge is 0.383 e. The van der Waals surface area contributed by atoms with Crippen LogP contribution >= 0.6 is 11.8 Å². The molecule has 1 heterocycles. The normalized spacial score (nSPS) is 13.4. The molecule has 6 nitrogen and oxygen atoms in total. The molecule has 0 fully saturated rings. The first-order chi connectivity index (χ1) is 14.8. The second-order valence-electron chi connectivity index (χ2n) is 7.92. The number of carbonyl (C=O) groups is 1. The highest BCUT2D eigenvalue weighted by Gasteiger charge is 2.22. The Morgan fingerprint density at radius 3 is 2.42 bits per heavy atom. The summed E-state index contributed by atoms with van der Waals surface area (Å²) in [4.78, 5) is 30.7. The first-order valence-electron chi connectivity index (χ1n) is 10.4. The molecule has 1 amide bonds. The van der Waals surface area contributed by atoms with Gasteiger partial charge in [0, 0.05) is 12.8 Å². The van der Waals surface area contributed by atoms with Gasteiger partial charge in [-0.15, -0.1) is 0 Å². The van der Waals surface area contributed by atoms with Gasteiger partial charge in [-0.2, -0.15) is 0 Å². The summed E-state index contributed by atoms with van der Waals surface area (Å²) < 4.78 is 6.88. The molecule has 0 aliphatic heterocycles. The highest BCUT2D eigenvalue weighted by Crippen LogP contribution is 2.26. The van der Waals surface area contributed by atoms with Crippen LogP contribution in [0.4, 0.5) is 5.69 Å². The Hall–Kier alpha value is -2.64. The summed E-state index contributed by atoms with van der Waals surface area (Å²) in [5, 5.41) is 3.57. The quantitative estimate of drug-likeness (QED) is 0.401. The van der Waals surface area contributed by atoms with Crippen LogP contribution in [-0.2, 0) is 9.53 Å². The molecule has 7 heteroatoms. The van der Waals surface area contributed by atoms with Crippen molar-refractivity contribution < 1.29 is 9.53 Å². The third-order valence-electron chi connectivity index (χ3n) is 5.12. The van der Waals surface area contributed by atoms with Gasteiger partial charge in [-0.05, 0) is 49.6 Å². The fourth-order valence-electron chi connectivity index (χ4n) is 3.32. The number of anilines is 1. The number of nitrogens with one attached hydrogen (secondary N) is 1. The van der Waals surface area contributed by atoms with Gasteiger partial charge in [-0.3, -0.25) is 14.2 Å². The Balaban J connectivity index is 1.86. The van der Waals surface area contributed by atoms with E-state index in [-0.39, 0.29) is 17.5 Å². The number of carbonyl (C=O) groups excluding carboxylic acids is 1. The minimum atomic E-state index is -0.446. The number of rotatable bonds is 8. The Labute approximate surface area is 187 Å². The van der Waals surface area contributed by atoms with Crippen LogP contribution in [-0.4, -0.2) is 34.4 Å². The Kier molecular flexibility index (Phi) is 7.51. The van der Waals surface area contributed by atoms with Crippen LogP contribution in [0.5, 0.6) is 0 Å². The molecule has 0 saturated heterocycles. The van der Waals surface area contributed by atoms with Crippen molar-refractivity contribution in [1.82, 2.24) is 9.55 Å². The maximum Gasteiger partial charge on any atom is 0.262 e. The topological polar surface area (TPSA) is 73.2 Å². The summed E-state index contributed by atoms with van der Waals surface area (Å²) in [5.41, 5.74) is 2.46. The lowest BCUT2D eigenvalue weighted by Gasteiger charge is -2.20. The average molecular weight is 440 g/mol. The van der Waals surface area contributed by atoms with Crippen LogP contribution in [0.1, 0.15) is 45.2 Å². The Bertz CT molecular complexity index is 1110. The zero-order valence-electron chi connectivity index (χ0n) is 18.6. The van der Waals surface area contributed by atoms with Gasteiger partial charge in [0.15, 0.2) is 5.16 Å². The molecule has 0 saturated carbocycles. The van der Waals surface area contributed by atoms with Crippen molar-refractivity contribution in [2.24, 2.45) is 0 Å². The van der Waals surface area contributed by atoms with Gasteiger partial charge in [-0.25, -0.2) is 4.98 Å². The first-order valence-corrected chi connectivity index (χ1v) is 11.3. The van der Waals surface area contributed by atoms with E-state index >= 15 is 0 Å². The van der Waals surface area contributed by atoms with E-state index in [0.29, 0.717) is 28.6 Å². The molecule has 0 aliphatic rings. The molecular formula is C24H29N3O3S. The number of para-hydroxylation sites is 1. The highest BCUT2D eigenvalue weighted by atomic mass is 32.2. The Morgan fingerprint density at radius 1 is 1.10 bits per heavy atom. The van der Waals surface area contributed by atoms with E-state index < -0.39 is 5.25 Å². The molecule has 1 N–H and O–H groups in total. The molecule has 1 aromatic heterocycles. The van der Waals surface area contributed by atoms with Gasteiger partial charge < -0.3 is 10.1 Å².